The number of hydrogen-bond donors (Lipinski definition) is 1. The molecule has 2 rings (SSSR count). The number of nitrogens with two attached hydrogens (primary N) is 1. The normalized spacial score (nSPS) is 16.8. The maximum absolute atomic E-state index is 11.9. The number of halogens is 1. The molecular weight excluding hydrogens is 240 g/mol. The fraction of sp³-hybridized carbons (Fsp3) is 0.417. The van der Waals surface area contributed by atoms with Gasteiger partial charge in [-0.3, -0.25) is 4.79 Å². The average Bonchev–Trinajstić information content (AvgIpc) is 2.49. The molecule has 0 unspecified atom stereocenters. The van der Waals surface area contributed by atoms with E-state index in [4.69, 9.17) is 22.1 Å². The molecule has 1 aromatic carbocycles. The van der Waals surface area contributed by atoms with Gasteiger partial charge in [-0.1, -0.05) is 11.6 Å². The monoisotopic (exact) mass is 254 g/mol. The molecule has 0 radical (unpaired) electrons. The third-order valence-electron chi connectivity index (χ3n) is 2.70. The van der Waals surface area contributed by atoms with E-state index in [-0.39, 0.29) is 5.91 Å². The van der Waals surface area contributed by atoms with Crippen LogP contribution in [-0.4, -0.2) is 30.0 Å². The highest BCUT2D eigenvalue weighted by Gasteiger charge is 2.22. The van der Waals surface area contributed by atoms with Crippen LogP contribution < -0.4 is 10.5 Å². The standard InChI is InChI=1S/C12H15ClN2O2/c1-8(14)12(16)15-4-5-17-11-3-2-10(13)6-9(11)7-15/h2-3,6,8H,4-5,7,14H2,1H3/t8-/m1/s1. The summed E-state index contributed by atoms with van der Waals surface area (Å²) in [4.78, 5) is 13.6. The van der Waals surface area contributed by atoms with Gasteiger partial charge in [-0.25, -0.2) is 0 Å². The molecule has 1 heterocycles. The van der Waals surface area contributed by atoms with Gasteiger partial charge in [0, 0.05) is 17.1 Å². The maximum Gasteiger partial charge on any atom is 0.239 e. The van der Waals surface area contributed by atoms with E-state index in [1.54, 1.807) is 17.9 Å². The molecule has 1 aliphatic rings. The van der Waals surface area contributed by atoms with E-state index in [0.717, 1.165) is 11.3 Å². The number of ether oxygens (including phenoxy) is 1. The van der Waals surface area contributed by atoms with Crippen molar-refractivity contribution >= 4 is 17.5 Å². The summed E-state index contributed by atoms with van der Waals surface area (Å²) in [5.74, 6) is 0.718. The van der Waals surface area contributed by atoms with Crippen LogP contribution in [0.15, 0.2) is 18.2 Å². The second kappa shape index (κ2) is 4.94. The van der Waals surface area contributed by atoms with Crippen molar-refractivity contribution in [2.24, 2.45) is 5.73 Å². The minimum atomic E-state index is -0.490. The molecule has 5 heteroatoms. The third kappa shape index (κ3) is 2.70. The molecule has 1 aliphatic heterocycles. The first kappa shape index (κ1) is 12.2. The van der Waals surface area contributed by atoms with Crippen LogP contribution in [-0.2, 0) is 11.3 Å². The number of hydrogen-bond acceptors (Lipinski definition) is 3. The second-order valence-electron chi connectivity index (χ2n) is 4.15. The van der Waals surface area contributed by atoms with Gasteiger partial charge >= 0.3 is 0 Å². The summed E-state index contributed by atoms with van der Waals surface area (Å²) >= 11 is 5.94. The van der Waals surface area contributed by atoms with E-state index in [9.17, 15) is 4.79 Å². The summed E-state index contributed by atoms with van der Waals surface area (Å²) in [6.07, 6.45) is 0. The van der Waals surface area contributed by atoms with Crippen molar-refractivity contribution in [1.29, 1.82) is 0 Å². The van der Waals surface area contributed by atoms with Gasteiger partial charge in [0.15, 0.2) is 0 Å². The molecule has 92 valence electrons. The lowest BCUT2D eigenvalue weighted by Crippen LogP contribution is -2.42. The first-order valence-corrected chi connectivity index (χ1v) is 5.91. The fourth-order valence-corrected chi connectivity index (χ4v) is 2.03. The van der Waals surface area contributed by atoms with Crippen molar-refractivity contribution in [1.82, 2.24) is 4.90 Å². The highest BCUT2D eigenvalue weighted by molar-refractivity contribution is 6.30. The molecule has 2 N–H and O–H groups in total. The Morgan fingerprint density at radius 1 is 1.59 bits per heavy atom. The largest absolute Gasteiger partial charge is 0.491 e. The summed E-state index contributed by atoms with van der Waals surface area (Å²) in [6.45, 7) is 3.21. The van der Waals surface area contributed by atoms with Gasteiger partial charge in [-0.15, -0.1) is 0 Å². The summed E-state index contributed by atoms with van der Waals surface area (Å²) in [5, 5.41) is 0.641. The lowest BCUT2D eigenvalue weighted by Gasteiger charge is -2.21. The molecule has 17 heavy (non-hydrogen) atoms. The molecule has 1 amide bonds. The fourth-order valence-electron chi connectivity index (χ4n) is 1.84. The minimum absolute atomic E-state index is 0.0681. The number of nitrogens with zero attached hydrogens (tertiary/aromatic N) is 1. The van der Waals surface area contributed by atoms with E-state index in [1.165, 1.54) is 0 Å². The van der Waals surface area contributed by atoms with Crippen LogP contribution in [0.3, 0.4) is 0 Å². The topological polar surface area (TPSA) is 55.6 Å². The summed E-state index contributed by atoms with van der Waals surface area (Å²) < 4.78 is 5.57. The Labute approximate surface area is 105 Å². The summed E-state index contributed by atoms with van der Waals surface area (Å²) in [5.41, 5.74) is 6.53. The van der Waals surface area contributed by atoms with Crippen molar-refractivity contribution in [3.63, 3.8) is 0 Å². The third-order valence-corrected chi connectivity index (χ3v) is 2.94. The number of rotatable bonds is 1. The van der Waals surface area contributed by atoms with Gasteiger partial charge in [-0.2, -0.15) is 0 Å². The van der Waals surface area contributed by atoms with E-state index in [2.05, 4.69) is 0 Å². The SMILES string of the molecule is C[C@@H](N)C(=O)N1CCOc2ccc(Cl)cc2C1. The zero-order valence-corrected chi connectivity index (χ0v) is 10.4. The molecule has 0 saturated heterocycles. The van der Waals surface area contributed by atoms with Crippen molar-refractivity contribution in [2.75, 3.05) is 13.2 Å². The molecule has 0 saturated carbocycles. The first-order valence-electron chi connectivity index (χ1n) is 5.53. The van der Waals surface area contributed by atoms with Crippen LogP contribution in [0.25, 0.3) is 0 Å². The van der Waals surface area contributed by atoms with Crippen molar-refractivity contribution < 1.29 is 9.53 Å². The number of amides is 1. The predicted molar refractivity (Wildman–Crippen MR) is 66.0 cm³/mol. The van der Waals surface area contributed by atoms with Gasteiger partial charge in [0.1, 0.15) is 12.4 Å². The van der Waals surface area contributed by atoms with E-state index in [1.807, 2.05) is 12.1 Å². The highest BCUT2D eigenvalue weighted by atomic mass is 35.5. The molecule has 0 fully saturated rings. The van der Waals surface area contributed by atoms with Crippen molar-refractivity contribution in [2.45, 2.75) is 19.5 Å². The zero-order valence-electron chi connectivity index (χ0n) is 9.65. The number of carbonyl (C=O) groups is 1. The Morgan fingerprint density at radius 2 is 2.35 bits per heavy atom. The van der Waals surface area contributed by atoms with Gasteiger partial charge in [0.2, 0.25) is 5.91 Å². The molecule has 1 atom stereocenters. The predicted octanol–water partition coefficient (Wildman–Crippen LogP) is 1.41. The molecular formula is C12H15ClN2O2. The first-order chi connectivity index (χ1) is 8.08. The molecule has 0 aliphatic carbocycles. The number of carbonyl (C=O) groups excluding carboxylic acids is 1. The Bertz CT molecular complexity index is 435. The van der Waals surface area contributed by atoms with E-state index < -0.39 is 6.04 Å². The zero-order chi connectivity index (χ0) is 12.4. The van der Waals surface area contributed by atoms with Crippen LogP contribution in [0.1, 0.15) is 12.5 Å². The average molecular weight is 255 g/mol. The van der Waals surface area contributed by atoms with Crippen LogP contribution in [0.5, 0.6) is 5.75 Å². The minimum Gasteiger partial charge on any atom is -0.491 e. The van der Waals surface area contributed by atoms with Gasteiger partial charge in [0.05, 0.1) is 12.6 Å². The van der Waals surface area contributed by atoms with Crippen LogP contribution in [0.4, 0.5) is 0 Å². The Balaban J connectivity index is 2.24. The lowest BCUT2D eigenvalue weighted by atomic mass is 10.2. The van der Waals surface area contributed by atoms with Gasteiger partial charge in [-0.05, 0) is 25.1 Å². The quantitative estimate of drug-likeness (QED) is 0.824. The Kier molecular flexibility index (Phi) is 3.54. The molecule has 4 nitrogen and oxygen atoms in total. The van der Waals surface area contributed by atoms with Crippen LogP contribution in [0.2, 0.25) is 5.02 Å². The van der Waals surface area contributed by atoms with Gasteiger partial charge in [0.25, 0.3) is 0 Å². The van der Waals surface area contributed by atoms with Crippen molar-refractivity contribution in [3.05, 3.63) is 28.8 Å². The molecule has 0 spiro atoms. The molecule has 1 aromatic rings. The van der Waals surface area contributed by atoms with E-state index >= 15 is 0 Å². The lowest BCUT2D eigenvalue weighted by molar-refractivity contribution is -0.132. The van der Waals surface area contributed by atoms with Crippen LogP contribution in [0, 0.1) is 0 Å². The van der Waals surface area contributed by atoms with Crippen molar-refractivity contribution in [3.8, 4) is 5.75 Å². The number of benzene rings is 1. The second-order valence-corrected chi connectivity index (χ2v) is 4.59. The molecule has 0 aromatic heterocycles. The Hall–Kier alpha value is -1.26. The van der Waals surface area contributed by atoms with E-state index in [0.29, 0.717) is 24.7 Å². The summed E-state index contributed by atoms with van der Waals surface area (Å²) in [7, 11) is 0. The summed E-state index contributed by atoms with van der Waals surface area (Å²) in [6, 6.07) is 4.95. The van der Waals surface area contributed by atoms with Crippen LogP contribution >= 0.6 is 11.6 Å². The van der Waals surface area contributed by atoms with Gasteiger partial charge < -0.3 is 15.4 Å². The number of fused-ring (bicyclic) bond motifs is 1. The Morgan fingerprint density at radius 3 is 3.06 bits per heavy atom. The maximum atomic E-state index is 11.9. The smallest absolute Gasteiger partial charge is 0.239 e. The molecule has 0 bridgehead atoms. The highest BCUT2D eigenvalue weighted by Crippen LogP contribution is 2.26.